The molecule has 0 spiro atoms. The molecular formula is C21H27N3O4S. The minimum Gasteiger partial charge on any atom is -0.351 e. The van der Waals surface area contributed by atoms with Crippen LogP contribution in [-0.2, 0) is 20.2 Å². The third kappa shape index (κ3) is 6.69. The highest BCUT2D eigenvalue weighted by atomic mass is 32.2. The van der Waals surface area contributed by atoms with E-state index in [-0.39, 0.29) is 35.2 Å². The Morgan fingerprint density at radius 2 is 1.48 bits per heavy atom. The summed E-state index contributed by atoms with van der Waals surface area (Å²) in [5, 5.41) is 5.27. The van der Waals surface area contributed by atoms with E-state index in [0.29, 0.717) is 11.3 Å². The summed E-state index contributed by atoms with van der Waals surface area (Å²) < 4.78 is 27.0. The van der Waals surface area contributed by atoms with E-state index in [2.05, 4.69) is 36.1 Å². The van der Waals surface area contributed by atoms with Crippen LogP contribution < -0.4 is 15.4 Å². The monoisotopic (exact) mass is 417 g/mol. The van der Waals surface area contributed by atoms with Gasteiger partial charge in [0, 0.05) is 31.3 Å². The molecular weight excluding hydrogens is 390 g/mol. The van der Waals surface area contributed by atoms with Gasteiger partial charge in [0.1, 0.15) is 0 Å². The smallest absolute Gasteiger partial charge is 0.251 e. The van der Waals surface area contributed by atoms with Crippen molar-refractivity contribution in [3.05, 3.63) is 59.7 Å². The molecule has 2 aromatic carbocycles. The molecule has 3 N–H and O–H groups in total. The molecule has 0 aromatic heterocycles. The van der Waals surface area contributed by atoms with E-state index in [1.807, 2.05) is 12.1 Å². The molecule has 0 saturated heterocycles. The van der Waals surface area contributed by atoms with Crippen LogP contribution in [0.2, 0.25) is 0 Å². The van der Waals surface area contributed by atoms with Gasteiger partial charge < -0.3 is 10.6 Å². The van der Waals surface area contributed by atoms with E-state index >= 15 is 0 Å². The maximum Gasteiger partial charge on any atom is 0.251 e. The van der Waals surface area contributed by atoms with Crippen molar-refractivity contribution in [2.75, 3.05) is 18.4 Å². The van der Waals surface area contributed by atoms with E-state index in [0.717, 1.165) is 5.56 Å². The summed E-state index contributed by atoms with van der Waals surface area (Å²) in [6.45, 7) is 7.88. The Bertz CT molecular complexity index is 960. The van der Waals surface area contributed by atoms with Crippen LogP contribution in [0, 0.1) is 0 Å². The first-order valence-electron chi connectivity index (χ1n) is 9.25. The van der Waals surface area contributed by atoms with Crippen LogP contribution in [0.4, 0.5) is 5.69 Å². The number of sulfonamides is 1. The van der Waals surface area contributed by atoms with E-state index in [4.69, 9.17) is 0 Å². The van der Waals surface area contributed by atoms with E-state index in [9.17, 15) is 18.0 Å². The van der Waals surface area contributed by atoms with Crippen LogP contribution in [0.15, 0.2) is 53.4 Å². The number of nitrogens with one attached hydrogen (secondary N) is 3. The van der Waals surface area contributed by atoms with Crippen molar-refractivity contribution in [1.82, 2.24) is 10.0 Å². The van der Waals surface area contributed by atoms with Gasteiger partial charge in [-0.2, -0.15) is 0 Å². The molecule has 0 bridgehead atoms. The molecule has 0 atom stereocenters. The van der Waals surface area contributed by atoms with Crippen molar-refractivity contribution in [2.24, 2.45) is 0 Å². The summed E-state index contributed by atoms with van der Waals surface area (Å²) >= 11 is 0. The van der Waals surface area contributed by atoms with Gasteiger partial charge in [0.15, 0.2) is 0 Å². The Morgan fingerprint density at radius 1 is 0.897 bits per heavy atom. The zero-order chi connectivity index (χ0) is 21.7. The van der Waals surface area contributed by atoms with Gasteiger partial charge in [-0.05, 0) is 47.4 Å². The Hall–Kier alpha value is -2.71. The zero-order valence-electron chi connectivity index (χ0n) is 17.1. The van der Waals surface area contributed by atoms with Gasteiger partial charge >= 0.3 is 0 Å². The molecule has 0 aliphatic carbocycles. The quantitative estimate of drug-likeness (QED) is 0.603. The maximum absolute atomic E-state index is 12.3. The molecule has 2 rings (SSSR count). The van der Waals surface area contributed by atoms with Gasteiger partial charge in [-0.1, -0.05) is 32.9 Å². The first-order valence-corrected chi connectivity index (χ1v) is 10.7. The predicted octanol–water partition coefficient (Wildman–Crippen LogP) is 2.65. The summed E-state index contributed by atoms with van der Waals surface area (Å²) in [6.07, 6.45) is 0. The van der Waals surface area contributed by atoms with Gasteiger partial charge in [0.25, 0.3) is 5.91 Å². The molecule has 29 heavy (non-hydrogen) atoms. The molecule has 2 aromatic rings. The lowest BCUT2D eigenvalue weighted by Crippen LogP contribution is -2.34. The van der Waals surface area contributed by atoms with Crippen molar-refractivity contribution in [1.29, 1.82) is 0 Å². The average molecular weight is 418 g/mol. The maximum atomic E-state index is 12.3. The second kappa shape index (κ2) is 9.19. The molecule has 0 radical (unpaired) electrons. The zero-order valence-corrected chi connectivity index (χ0v) is 17.9. The lowest BCUT2D eigenvalue weighted by molar-refractivity contribution is -0.114. The fraction of sp³-hybridized carbons (Fsp3) is 0.333. The largest absolute Gasteiger partial charge is 0.351 e. The molecule has 7 nitrogen and oxygen atoms in total. The Morgan fingerprint density at radius 3 is 2.00 bits per heavy atom. The number of hydrogen-bond donors (Lipinski definition) is 3. The summed E-state index contributed by atoms with van der Waals surface area (Å²) in [4.78, 5) is 23.3. The fourth-order valence-corrected chi connectivity index (χ4v) is 3.62. The summed E-state index contributed by atoms with van der Waals surface area (Å²) in [5.74, 6) is -0.494. The number of benzene rings is 2. The van der Waals surface area contributed by atoms with Crippen molar-refractivity contribution >= 4 is 27.5 Å². The molecule has 8 heteroatoms. The van der Waals surface area contributed by atoms with Crippen molar-refractivity contribution in [3.8, 4) is 0 Å². The molecule has 0 unspecified atom stereocenters. The van der Waals surface area contributed by atoms with Crippen LogP contribution in [0.1, 0.15) is 43.6 Å². The van der Waals surface area contributed by atoms with Gasteiger partial charge in [-0.25, -0.2) is 13.1 Å². The second-order valence-electron chi connectivity index (χ2n) is 7.69. The molecule has 0 saturated carbocycles. The highest BCUT2D eigenvalue weighted by Gasteiger charge is 2.15. The van der Waals surface area contributed by atoms with Crippen molar-refractivity contribution < 1.29 is 18.0 Å². The van der Waals surface area contributed by atoms with E-state index < -0.39 is 10.0 Å². The summed E-state index contributed by atoms with van der Waals surface area (Å²) in [6, 6.07) is 13.2. The average Bonchev–Trinajstić information content (AvgIpc) is 2.64. The molecule has 0 heterocycles. The third-order valence-electron chi connectivity index (χ3n) is 4.20. The van der Waals surface area contributed by atoms with Gasteiger partial charge in [0.2, 0.25) is 15.9 Å². The Labute approximate surface area is 172 Å². The van der Waals surface area contributed by atoms with Crippen LogP contribution in [-0.4, -0.2) is 33.3 Å². The Balaban J connectivity index is 1.85. The normalized spacial score (nSPS) is 11.7. The minimum atomic E-state index is -3.70. The fourth-order valence-electron chi connectivity index (χ4n) is 2.59. The Kier molecular flexibility index (Phi) is 7.16. The van der Waals surface area contributed by atoms with Crippen LogP contribution in [0.5, 0.6) is 0 Å². The molecule has 0 aliphatic rings. The molecule has 2 amide bonds. The summed E-state index contributed by atoms with van der Waals surface area (Å²) in [7, 11) is -3.70. The highest BCUT2D eigenvalue weighted by Crippen LogP contribution is 2.22. The lowest BCUT2D eigenvalue weighted by Gasteiger charge is -2.19. The number of carbonyl (C=O) groups excluding carboxylic acids is 2. The number of amides is 2. The summed E-state index contributed by atoms with van der Waals surface area (Å²) in [5.41, 5.74) is 2.18. The number of carbonyl (C=O) groups is 2. The van der Waals surface area contributed by atoms with Crippen molar-refractivity contribution in [2.45, 2.75) is 38.0 Å². The van der Waals surface area contributed by atoms with Gasteiger partial charge in [-0.15, -0.1) is 0 Å². The first-order chi connectivity index (χ1) is 13.5. The van der Waals surface area contributed by atoms with Crippen LogP contribution >= 0.6 is 0 Å². The molecule has 0 fully saturated rings. The molecule has 0 aliphatic heterocycles. The minimum absolute atomic E-state index is 0.00756. The number of anilines is 1. The van der Waals surface area contributed by atoms with Gasteiger partial charge in [0.05, 0.1) is 4.90 Å². The first kappa shape index (κ1) is 22.6. The highest BCUT2D eigenvalue weighted by molar-refractivity contribution is 7.89. The SMILES string of the molecule is CC(=O)Nc1ccc(S(=O)(=O)NCCNC(=O)c2ccc(C(C)(C)C)cc2)cc1. The number of hydrogen-bond acceptors (Lipinski definition) is 4. The predicted molar refractivity (Wildman–Crippen MR) is 113 cm³/mol. The second-order valence-corrected chi connectivity index (χ2v) is 9.45. The van der Waals surface area contributed by atoms with Crippen LogP contribution in [0.3, 0.4) is 0 Å². The van der Waals surface area contributed by atoms with Crippen molar-refractivity contribution in [3.63, 3.8) is 0 Å². The number of rotatable bonds is 7. The molecule has 156 valence electrons. The third-order valence-corrected chi connectivity index (χ3v) is 5.68. The van der Waals surface area contributed by atoms with Gasteiger partial charge in [-0.3, -0.25) is 9.59 Å². The topological polar surface area (TPSA) is 104 Å². The lowest BCUT2D eigenvalue weighted by atomic mass is 9.87. The van der Waals surface area contributed by atoms with Crippen LogP contribution in [0.25, 0.3) is 0 Å². The van der Waals surface area contributed by atoms with E-state index in [1.165, 1.54) is 31.2 Å². The standard InChI is InChI=1S/C21H27N3O4S/c1-15(25)24-18-9-11-19(12-10-18)29(27,28)23-14-13-22-20(26)16-5-7-17(8-6-16)21(2,3)4/h5-12,23H,13-14H2,1-4H3,(H,22,26)(H,24,25). The van der Waals surface area contributed by atoms with E-state index in [1.54, 1.807) is 12.1 Å².